The van der Waals surface area contributed by atoms with Gasteiger partial charge in [-0.05, 0) is 43.1 Å². The molecule has 0 spiro atoms. The van der Waals surface area contributed by atoms with Gasteiger partial charge in [-0.25, -0.2) is 8.42 Å². The molecule has 10 heteroatoms. The molecule has 1 saturated heterocycles. The lowest BCUT2D eigenvalue weighted by Crippen LogP contribution is -2.50. The first-order chi connectivity index (χ1) is 13.8. The fourth-order valence-corrected chi connectivity index (χ4v) is 5.45. The van der Waals surface area contributed by atoms with Crippen LogP contribution in [0.15, 0.2) is 29.6 Å². The molecule has 0 radical (unpaired) electrons. The fraction of sp³-hybridized carbons (Fsp3) is 0.526. The van der Waals surface area contributed by atoms with Crippen molar-refractivity contribution in [1.82, 2.24) is 34.0 Å². The maximum absolute atomic E-state index is 13.1. The van der Waals surface area contributed by atoms with Gasteiger partial charge in [0.2, 0.25) is 5.03 Å². The fourth-order valence-electron chi connectivity index (χ4n) is 4.12. The summed E-state index contributed by atoms with van der Waals surface area (Å²) in [5.41, 5.74) is 3.37. The van der Waals surface area contributed by atoms with Crippen LogP contribution in [0.5, 0.6) is 0 Å². The Morgan fingerprint density at radius 1 is 1.14 bits per heavy atom. The minimum Gasteiger partial charge on any atom is -0.294 e. The molecule has 0 saturated carbocycles. The molecule has 0 N–H and O–H groups in total. The normalized spacial score (nSPS) is 19.2. The third-order valence-electron chi connectivity index (χ3n) is 5.64. The Kier molecular flexibility index (Phi) is 5.18. The standard InChI is InChI=1S/C19H27N7O2S/c1-5-6-25-7-8-26(29(27,28)19-12-21-24(4)22-19)13-18(25)16-10-15-11-20-23(3)17(15)9-14(16)2/h9-12,18H,5-8,13H2,1-4H3. The minimum atomic E-state index is -3.68. The molecular weight excluding hydrogens is 390 g/mol. The topological polar surface area (TPSA) is 89.2 Å². The molecule has 3 heterocycles. The van der Waals surface area contributed by atoms with Gasteiger partial charge in [0.25, 0.3) is 10.0 Å². The van der Waals surface area contributed by atoms with E-state index in [0.717, 1.165) is 35.0 Å². The highest BCUT2D eigenvalue weighted by molar-refractivity contribution is 7.89. The lowest BCUT2D eigenvalue weighted by Gasteiger charge is -2.41. The molecule has 9 nitrogen and oxygen atoms in total. The lowest BCUT2D eigenvalue weighted by atomic mass is 9.96. The third kappa shape index (κ3) is 3.56. The summed E-state index contributed by atoms with van der Waals surface area (Å²) in [5, 5.41) is 13.4. The SMILES string of the molecule is CCCN1CCN(S(=O)(=O)c2cnn(C)n2)CC1c1cc2cnn(C)c2cc1C. The van der Waals surface area contributed by atoms with E-state index in [9.17, 15) is 8.42 Å². The van der Waals surface area contributed by atoms with E-state index < -0.39 is 10.0 Å². The number of nitrogens with zero attached hydrogens (tertiary/aromatic N) is 7. The van der Waals surface area contributed by atoms with Crippen LogP contribution >= 0.6 is 0 Å². The highest BCUT2D eigenvalue weighted by Crippen LogP contribution is 2.32. The molecule has 29 heavy (non-hydrogen) atoms. The van der Waals surface area contributed by atoms with Crippen molar-refractivity contribution in [3.63, 3.8) is 0 Å². The van der Waals surface area contributed by atoms with Gasteiger partial charge in [0, 0.05) is 45.2 Å². The van der Waals surface area contributed by atoms with Crippen LogP contribution < -0.4 is 0 Å². The monoisotopic (exact) mass is 417 g/mol. The number of aromatic nitrogens is 5. The zero-order valence-corrected chi connectivity index (χ0v) is 18.1. The Balaban J connectivity index is 1.72. The first-order valence-corrected chi connectivity index (χ1v) is 11.3. The number of piperazine rings is 1. The van der Waals surface area contributed by atoms with Crippen LogP contribution in [0, 0.1) is 6.92 Å². The second-order valence-corrected chi connectivity index (χ2v) is 9.51. The maximum Gasteiger partial charge on any atom is 0.264 e. The van der Waals surface area contributed by atoms with Crippen molar-refractivity contribution >= 4 is 20.9 Å². The molecule has 0 aliphatic carbocycles. The molecule has 1 atom stereocenters. The van der Waals surface area contributed by atoms with Crippen LogP contribution in [0.25, 0.3) is 10.9 Å². The van der Waals surface area contributed by atoms with Crippen molar-refractivity contribution in [2.24, 2.45) is 14.1 Å². The second kappa shape index (κ2) is 7.51. The largest absolute Gasteiger partial charge is 0.294 e. The summed E-state index contributed by atoms with van der Waals surface area (Å²) in [4.78, 5) is 3.66. The van der Waals surface area contributed by atoms with Gasteiger partial charge in [-0.15, -0.1) is 5.10 Å². The van der Waals surface area contributed by atoms with Crippen molar-refractivity contribution in [2.45, 2.75) is 31.3 Å². The van der Waals surface area contributed by atoms with Crippen molar-refractivity contribution in [2.75, 3.05) is 26.2 Å². The molecule has 1 aliphatic heterocycles. The van der Waals surface area contributed by atoms with Gasteiger partial charge in [-0.1, -0.05) is 6.92 Å². The summed E-state index contributed by atoms with van der Waals surface area (Å²) in [5.74, 6) is 0. The number of sulfonamides is 1. The molecule has 0 amide bonds. The Morgan fingerprint density at radius 2 is 1.93 bits per heavy atom. The zero-order chi connectivity index (χ0) is 20.8. The molecule has 1 aromatic carbocycles. The van der Waals surface area contributed by atoms with Gasteiger partial charge in [-0.3, -0.25) is 9.58 Å². The number of hydrogen-bond donors (Lipinski definition) is 0. The predicted octanol–water partition coefficient (Wildman–Crippen LogP) is 1.47. The quantitative estimate of drug-likeness (QED) is 0.625. The van der Waals surface area contributed by atoms with Gasteiger partial charge in [0.1, 0.15) is 0 Å². The average molecular weight is 418 g/mol. The van der Waals surface area contributed by atoms with Gasteiger partial charge >= 0.3 is 0 Å². The molecule has 1 unspecified atom stereocenters. The van der Waals surface area contributed by atoms with E-state index >= 15 is 0 Å². The smallest absolute Gasteiger partial charge is 0.264 e. The van der Waals surface area contributed by atoms with E-state index in [0.29, 0.717) is 19.6 Å². The molecule has 3 aromatic rings. The molecule has 0 bridgehead atoms. The summed E-state index contributed by atoms with van der Waals surface area (Å²) in [6, 6.07) is 4.28. The van der Waals surface area contributed by atoms with Crippen molar-refractivity contribution < 1.29 is 8.42 Å². The van der Waals surface area contributed by atoms with E-state index in [4.69, 9.17) is 0 Å². The van der Waals surface area contributed by atoms with Crippen LogP contribution in [-0.2, 0) is 24.1 Å². The van der Waals surface area contributed by atoms with E-state index in [1.165, 1.54) is 11.0 Å². The molecule has 2 aromatic heterocycles. The van der Waals surface area contributed by atoms with Crippen molar-refractivity contribution in [1.29, 1.82) is 0 Å². The number of hydrogen-bond acceptors (Lipinski definition) is 6. The first kappa shape index (κ1) is 20.0. The maximum atomic E-state index is 13.1. The molecular formula is C19H27N7O2S. The van der Waals surface area contributed by atoms with E-state index in [2.05, 4.69) is 46.2 Å². The van der Waals surface area contributed by atoms with Gasteiger partial charge < -0.3 is 0 Å². The number of rotatable bonds is 5. The average Bonchev–Trinajstić information content (AvgIpc) is 3.28. The lowest BCUT2D eigenvalue weighted by molar-refractivity contribution is 0.118. The summed E-state index contributed by atoms with van der Waals surface area (Å²) >= 11 is 0. The Hall–Kier alpha value is -2.30. The van der Waals surface area contributed by atoms with Crippen LogP contribution in [0.1, 0.15) is 30.5 Å². The summed E-state index contributed by atoms with van der Waals surface area (Å²) in [7, 11) is -0.126. The number of fused-ring (bicyclic) bond motifs is 1. The van der Waals surface area contributed by atoms with Gasteiger partial charge in [0.15, 0.2) is 0 Å². The summed E-state index contributed by atoms with van der Waals surface area (Å²) < 4.78 is 29.6. The highest BCUT2D eigenvalue weighted by Gasteiger charge is 2.36. The molecule has 156 valence electrons. The zero-order valence-electron chi connectivity index (χ0n) is 17.3. The Morgan fingerprint density at radius 3 is 2.62 bits per heavy atom. The molecule has 1 aliphatic rings. The van der Waals surface area contributed by atoms with Crippen LogP contribution in [0.2, 0.25) is 0 Å². The van der Waals surface area contributed by atoms with Crippen molar-refractivity contribution in [3.05, 3.63) is 35.7 Å². The minimum absolute atomic E-state index is 0.00197. The molecule has 4 rings (SSSR count). The molecule has 1 fully saturated rings. The van der Waals surface area contributed by atoms with E-state index in [1.807, 2.05) is 17.9 Å². The van der Waals surface area contributed by atoms with Gasteiger partial charge in [-0.2, -0.15) is 19.3 Å². The van der Waals surface area contributed by atoms with Crippen LogP contribution in [-0.4, -0.2) is 68.6 Å². The summed E-state index contributed by atoms with van der Waals surface area (Å²) in [6.07, 6.45) is 4.19. The second-order valence-electron chi connectivity index (χ2n) is 7.62. The van der Waals surface area contributed by atoms with E-state index in [-0.39, 0.29) is 11.1 Å². The number of benzene rings is 1. The Labute approximate surface area is 170 Å². The summed E-state index contributed by atoms with van der Waals surface area (Å²) in [6.45, 7) is 6.69. The number of aryl methyl sites for hydroxylation is 3. The van der Waals surface area contributed by atoms with Crippen molar-refractivity contribution in [3.8, 4) is 0 Å². The van der Waals surface area contributed by atoms with Crippen LogP contribution in [0.3, 0.4) is 0 Å². The Bertz CT molecular complexity index is 1130. The first-order valence-electron chi connectivity index (χ1n) is 9.84. The third-order valence-corrected chi connectivity index (χ3v) is 7.37. The predicted molar refractivity (Wildman–Crippen MR) is 110 cm³/mol. The highest BCUT2D eigenvalue weighted by atomic mass is 32.2. The van der Waals surface area contributed by atoms with E-state index in [1.54, 1.807) is 11.4 Å². The van der Waals surface area contributed by atoms with Crippen LogP contribution in [0.4, 0.5) is 0 Å². The van der Waals surface area contributed by atoms with Gasteiger partial charge in [0.05, 0.1) is 17.9 Å².